The Morgan fingerprint density at radius 2 is 1.80 bits per heavy atom. The lowest BCUT2D eigenvalue weighted by Crippen LogP contribution is -2.05. The number of nitrogens with one attached hydrogen (secondary N) is 1. The lowest BCUT2D eigenvalue weighted by Gasteiger charge is -2.01. The maximum atomic E-state index is 12.0. The van der Waals surface area contributed by atoms with Crippen LogP contribution in [0.1, 0.15) is 18.1 Å². The molecule has 0 atom stereocenters. The highest BCUT2D eigenvalue weighted by Gasteiger charge is 2.24. The zero-order chi connectivity index (χ0) is 17.8. The largest absolute Gasteiger partial charge is 0.497 e. The molecule has 0 radical (unpaired) electrons. The number of carbonyl (C=O) groups excluding carboxylic acids is 2. The van der Waals surface area contributed by atoms with Crippen molar-refractivity contribution in [3.63, 3.8) is 0 Å². The third-order valence-electron chi connectivity index (χ3n) is 3.49. The molecule has 0 unspecified atom stereocenters. The molecule has 1 amide bonds. The number of ether oxygens (including phenoxy) is 2. The minimum Gasteiger partial charge on any atom is -0.497 e. The van der Waals surface area contributed by atoms with Gasteiger partial charge in [-0.3, -0.25) is 4.79 Å². The molecule has 0 spiro atoms. The van der Waals surface area contributed by atoms with Crippen molar-refractivity contribution >= 4 is 29.5 Å². The van der Waals surface area contributed by atoms with Gasteiger partial charge >= 0.3 is 5.97 Å². The Balaban J connectivity index is 1.81. The van der Waals surface area contributed by atoms with E-state index in [0.29, 0.717) is 17.0 Å². The second kappa shape index (κ2) is 7.00. The highest BCUT2D eigenvalue weighted by atomic mass is 16.6. The van der Waals surface area contributed by atoms with Crippen LogP contribution >= 0.6 is 0 Å². The van der Waals surface area contributed by atoms with Crippen molar-refractivity contribution in [3.05, 3.63) is 65.4 Å². The summed E-state index contributed by atoms with van der Waals surface area (Å²) < 4.78 is 10.3. The number of carbonyl (C=O) groups is 2. The fourth-order valence-electron chi connectivity index (χ4n) is 2.29. The van der Waals surface area contributed by atoms with Gasteiger partial charge in [0.15, 0.2) is 5.70 Å². The van der Waals surface area contributed by atoms with Crippen molar-refractivity contribution in [2.24, 2.45) is 4.99 Å². The molecule has 25 heavy (non-hydrogen) atoms. The summed E-state index contributed by atoms with van der Waals surface area (Å²) >= 11 is 0. The molecule has 1 heterocycles. The molecule has 1 aliphatic rings. The summed E-state index contributed by atoms with van der Waals surface area (Å²) in [6.07, 6.45) is 1.64. The van der Waals surface area contributed by atoms with Crippen LogP contribution < -0.4 is 10.1 Å². The average Bonchev–Trinajstić information content (AvgIpc) is 2.97. The highest BCUT2D eigenvalue weighted by molar-refractivity contribution is 6.12. The standard InChI is InChI=1S/C19H16N2O4/c1-12(22)20-15-7-3-13(4-8-15)11-17-19(23)25-18(21-17)14-5-9-16(24-2)10-6-14/h3-11H,1-2H3,(H,20,22)/b17-11+. The number of methoxy groups -OCH3 is 1. The van der Waals surface area contributed by atoms with Gasteiger partial charge < -0.3 is 14.8 Å². The van der Waals surface area contributed by atoms with Gasteiger partial charge in [-0.25, -0.2) is 9.79 Å². The van der Waals surface area contributed by atoms with Crippen molar-refractivity contribution < 1.29 is 19.1 Å². The van der Waals surface area contributed by atoms with Gasteiger partial charge in [0, 0.05) is 18.2 Å². The normalized spacial score (nSPS) is 14.9. The Morgan fingerprint density at radius 3 is 2.40 bits per heavy atom. The minimum atomic E-state index is -0.503. The Labute approximate surface area is 144 Å². The summed E-state index contributed by atoms with van der Waals surface area (Å²) in [6, 6.07) is 14.2. The molecule has 2 aromatic carbocycles. The Hall–Kier alpha value is -3.41. The lowest BCUT2D eigenvalue weighted by atomic mass is 10.1. The summed E-state index contributed by atoms with van der Waals surface area (Å²) in [5.41, 5.74) is 2.38. The molecule has 0 aliphatic carbocycles. The molecule has 6 nitrogen and oxygen atoms in total. The van der Waals surface area contributed by atoms with E-state index in [1.54, 1.807) is 61.7 Å². The van der Waals surface area contributed by atoms with Crippen LogP contribution in [0.2, 0.25) is 0 Å². The molecule has 6 heteroatoms. The first-order chi connectivity index (χ1) is 12.0. The van der Waals surface area contributed by atoms with Crippen LogP contribution in [0.15, 0.2) is 59.2 Å². The van der Waals surface area contributed by atoms with Crippen molar-refractivity contribution in [1.29, 1.82) is 0 Å². The number of amides is 1. The number of aliphatic imine (C=N–C) groups is 1. The number of rotatable bonds is 4. The van der Waals surface area contributed by atoms with Gasteiger partial charge in [0.05, 0.1) is 7.11 Å². The molecular weight excluding hydrogens is 320 g/mol. The van der Waals surface area contributed by atoms with E-state index >= 15 is 0 Å². The Morgan fingerprint density at radius 1 is 1.12 bits per heavy atom. The van der Waals surface area contributed by atoms with Crippen molar-refractivity contribution in [3.8, 4) is 5.75 Å². The lowest BCUT2D eigenvalue weighted by molar-refractivity contribution is -0.129. The molecule has 0 saturated carbocycles. The van der Waals surface area contributed by atoms with Gasteiger partial charge in [-0.2, -0.15) is 0 Å². The maximum Gasteiger partial charge on any atom is 0.363 e. The fourth-order valence-corrected chi connectivity index (χ4v) is 2.29. The van der Waals surface area contributed by atoms with Crippen LogP contribution in [0.4, 0.5) is 5.69 Å². The van der Waals surface area contributed by atoms with Gasteiger partial charge in [0.1, 0.15) is 5.75 Å². The SMILES string of the molecule is COc1ccc(C2=N/C(=C/c3ccc(NC(C)=O)cc3)C(=O)O2)cc1. The van der Waals surface area contributed by atoms with Crippen molar-refractivity contribution in [2.45, 2.75) is 6.92 Å². The second-order valence-electron chi connectivity index (χ2n) is 5.37. The number of hydrogen-bond donors (Lipinski definition) is 1. The molecule has 0 aromatic heterocycles. The smallest absolute Gasteiger partial charge is 0.363 e. The summed E-state index contributed by atoms with van der Waals surface area (Å²) in [4.78, 5) is 27.3. The molecule has 126 valence electrons. The molecule has 0 bridgehead atoms. The molecule has 0 saturated heterocycles. The van der Waals surface area contributed by atoms with E-state index in [0.717, 1.165) is 5.56 Å². The topological polar surface area (TPSA) is 77.0 Å². The summed E-state index contributed by atoms with van der Waals surface area (Å²) in [6.45, 7) is 1.44. The van der Waals surface area contributed by atoms with E-state index in [1.165, 1.54) is 6.92 Å². The first kappa shape index (κ1) is 16.4. The van der Waals surface area contributed by atoms with E-state index < -0.39 is 5.97 Å². The molecule has 0 fully saturated rings. The number of anilines is 1. The molecule has 2 aromatic rings. The van der Waals surface area contributed by atoms with Gasteiger partial charge in [-0.05, 0) is 48.0 Å². The summed E-state index contributed by atoms with van der Waals surface area (Å²) in [7, 11) is 1.58. The van der Waals surface area contributed by atoms with E-state index in [2.05, 4.69) is 10.3 Å². The predicted octanol–water partition coefficient (Wildman–Crippen LogP) is 3.00. The van der Waals surface area contributed by atoms with Crippen LogP contribution in [0.5, 0.6) is 5.75 Å². The number of esters is 1. The number of cyclic esters (lactones) is 1. The van der Waals surface area contributed by atoms with E-state index in [-0.39, 0.29) is 17.5 Å². The Bertz CT molecular complexity index is 865. The zero-order valence-corrected chi connectivity index (χ0v) is 13.8. The van der Waals surface area contributed by atoms with Crippen LogP contribution in [-0.4, -0.2) is 24.9 Å². The average molecular weight is 336 g/mol. The quantitative estimate of drug-likeness (QED) is 0.688. The van der Waals surface area contributed by atoms with E-state index in [4.69, 9.17) is 9.47 Å². The molecule has 1 N–H and O–H groups in total. The first-order valence-electron chi connectivity index (χ1n) is 7.60. The van der Waals surface area contributed by atoms with E-state index in [9.17, 15) is 9.59 Å². The first-order valence-corrected chi connectivity index (χ1v) is 7.60. The number of hydrogen-bond acceptors (Lipinski definition) is 5. The van der Waals surface area contributed by atoms with E-state index in [1.807, 2.05) is 0 Å². The van der Waals surface area contributed by atoms with Crippen LogP contribution in [0, 0.1) is 0 Å². The predicted molar refractivity (Wildman–Crippen MR) is 94.3 cm³/mol. The van der Waals surface area contributed by atoms with Crippen molar-refractivity contribution in [1.82, 2.24) is 0 Å². The van der Waals surface area contributed by atoms with Gasteiger partial charge in [-0.15, -0.1) is 0 Å². The highest BCUT2D eigenvalue weighted by Crippen LogP contribution is 2.21. The summed E-state index contributed by atoms with van der Waals surface area (Å²) in [5, 5.41) is 2.68. The van der Waals surface area contributed by atoms with Crippen molar-refractivity contribution in [2.75, 3.05) is 12.4 Å². The third-order valence-corrected chi connectivity index (χ3v) is 3.49. The third kappa shape index (κ3) is 3.92. The second-order valence-corrected chi connectivity index (χ2v) is 5.37. The summed E-state index contributed by atoms with van der Waals surface area (Å²) in [5.74, 6) is 0.327. The Kier molecular flexibility index (Phi) is 4.61. The van der Waals surface area contributed by atoms with Crippen LogP contribution in [0.25, 0.3) is 6.08 Å². The fraction of sp³-hybridized carbons (Fsp3) is 0.105. The van der Waals surface area contributed by atoms with Gasteiger partial charge in [0.25, 0.3) is 0 Å². The molecule has 3 rings (SSSR count). The van der Waals surface area contributed by atoms with Crippen LogP contribution in [-0.2, 0) is 14.3 Å². The number of benzene rings is 2. The maximum absolute atomic E-state index is 12.0. The molecule has 1 aliphatic heterocycles. The number of nitrogens with zero attached hydrogens (tertiary/aromatic N) is 1. The zero-order valence-electron chi connectivity index (χ0n) is 13.8. The van der Waals surface area contributed by atoms with Crippen LogP contribution in [0.3, 0.4) is 0 Å². The van der Waals surface area contributed by atoms with Gasteiger partial charge in [0.2, 0.25) is 11.8 Å². The van der Waals surface area contributed by atoms with Gasteiger partial charge in [-0.1, -0.05) is 12.1 Å². The monoisotopic (exact) mass is 336 g/mol. The molecular formula is C19H16N2O4. The minimum absolute atomic E-state index is 0.140.